The number of anilines is 2. The molecule has 0 aromatic heterocycles. The summed E-state index contributed by atoms with van der Waals surface area (Å²) in [5, 5.41) is 5.36. The van der Waals surface area contributed by atoms with Crippen molar-refractivity contribution < 1.29 is 27.1 Å². The third-order valence-corrected chi connectivity index (χ3v) is 7.68. The van der Waals surface area contributed by atoms with Crippen LogP contribution < -0.4 is 15.4 Å². The van der Waals surface area contributed by atoms with Crippen molar-refractivity contribution in [1.82, 2.24) is 4.31 Å². The van der Waals surface area contributed by atoms with E-state index in [2.05, 4.69) is 10.6 Å². The average molecular weight is 462 g/mol. The Morgan fingerprint density at radius 1 is 1.19 bits per heavy atom. The molecule has 1 fully saturated rings. The van der Waals surface area contributed by atoms with Crippen LogP contribution >= 0.6 is 0 Å². The minimum absolute atomic E-state index is 0.0488. The van der Waals surface area contributed by atoms with Crippen molar-refractivity contribution in [1.29, 1.82) is 0 Å². The van der Waals surface area contributed by atoms with Gasteiger partial charge in [0.1, 0.15) is 11.6 Å². The van der Waals surface area contributed by atoms with Gasteiger partial charge in [-0.3, -0.25) is 9.59 Å². The first-order chi connectivity index (χ1) is 15.1. The monoisotopic (exact) mass is 461 g/mol. The molecule has 2 N–H and O–H groups in total. The Morgan fingerprint density at radius 3 is 2.59 bits per heavy atom. The van der Waals surface area contributed by atoms with Crippen molar-refractivity contribution in [2.45, 2.75) is 37.7 Å². The molecule has 0 saturated carbocycles. The van der Waals surface area contributed by atoms with Gasteiger partial charge in [0.15, 0.2) is 6.10 Å². The third kappa shape index (κ3) is 4.33. The van der Waals surface area contributed by atoms with Crippen molar-refractivity contribution in [3.05, 3.63) is 47.8 Å². The molecule has 0 bridgehead atoms. The molecule has 0 unspecified atom stereocenters. The van der Waals surface area contributed by atoms with Gasteiger partial charge in [-0.1, -0.05) is 6.07 Å². The van der Waals surface area contributed by atoms with Gasteiger partial charge < -0.3 is 15.4 Å². The summed E-state index contributed by atoms with van der Waals surface area (Å²) in [6.45, 7) is 3.61. The molecule has 2 heterocycles. The number of rotatable bonds is 4. The van der Waals surface area contributed by atoms with Crippen LogP contribution in [0.5, 0.6) is 5.75 Å². The summed E-state index contributed by atoms with van der Waals surface area (Å²) in [6, 6.07) is 8.86. The van der Waals surface area contributed by atoms with Crippen LogP contribution in [0.25, 0.3) is 0 Å². The highest BCUT2D eigenvalue weighted by atomic mass is 32.2. The number of ether oxygens (including phenoxy) is 1. The van der Waals surface area contributed by atoms with E-state index < -0.39 is 21.9 Å². The first-order valence-electron chi connectivity index (χ1n) is 10.3. The number of benzene rings is 2. The van der Waals surface area contributed by atoms with Gasteiger partial charge in [0.25, 0.3) is 5.91 Å². The predicted molar refractivity (Wildman–Crippen MR) is 116 cm³/mol. The van der Waals surface area contributed by atoms with Crippen LogP contribution in [0.2, 0.25) is 0 Å². The summed E-state index contributed by atoms with van der Waals surface area (Å²) in [5.41, 5.74) is 1.18. The number of nitrogens with zero attached hydrogens (tertiary/aromatic N) is 1. The van der Waals surface area contributed by atoms with Crippen molar-refractivity contribution in [3.8, 4) is 5.75 Å². The number of halogens is 1. The molecule has 2 aromatic rings. The molecule has 0 aliphatic carbocycles. The minimum Gasteiger partial charge on any atom is -0.479 e. The maximum absolute atomic E-state index is 13.7. The van der Waals surface area contributed by atoms with Crippen LogP contribution in [0.15, 0.2) is 41.3 Å². The smallest absolute Gasteiger partial charge is 0.265 e. The van der Waals surface area contributed by atoms with Crippen LogP contribution in [-0.2, 0) is 19.6 Å². The van der Waals surface area contributed by atoms with Gasteiger partial charge in [0.2, 0.25) is 15.9 Å². The maximum atomic E-state index is 13.7. The second-order valence-electron chi connectivity index (χ2n) is 8.04. The Bertz CT molecular complexity index is 1180. The van der Waals surface area contributed by atoms with Crippen molar-refractivity contribution >= 4 is 33.2 Å². The second-order valence-corrected chi connectivity index (χ2v) is 9.98. The van der Waals surface area contributed by atoms with Crippen LogP contribution in [0.1, 0.15) is 25.3 Å². The van der Waals surface area contributed by atoms with Gasteiger partial charge >= 0.3 is 0 Å². The standard InChI is InChI=1S/C22H24FN3O5S/c1-13-3-4-16(11-18(13)23)24-22(28)15-7-9-26(10-8-15)32(29,30)17-5-6-20-19(12-17)25-21(27)14(2)31-20/h3-6,11-12,14-15H,7-10H2,1-2H3,(H,24,28)(H,25,27)/t14-/m0/s1. The molecular formula is C22H24FN3O5S. The summed E-state index contributed by atoms with van der Waals surface area (Å²) in [5.74, 6) is -0.951. The summed E-state index contributed by atoms with van der Waals surface area (Å²) in [7, 11) is -3.80. The van der Waals surface area contributed by atoms with Crippen molar-refractivity contribution in [3.63, 3.8) is 0 Å². The molecule has 1 saturated heterocycles. The third-order valence-electron chi connectivity index (χ3n) is 5.78. The lowest BCUT2D eigenvalue weighted by molar-refractivity contribution is -0.123. The first kappa shape index (κ1) is 22.2. The van der Waals surface area contributed by atoms with Gasteiger partial charge in [-0.05, 0) is 62.6 Å². The zero-order valence-corrected chi connectivity index (χ0v) is 18.5. The summed E-state index contributed by atoms with van der Waals surface area (Å²) in [6.07, 6.45) is 0.0511. The number of nitrogens with one attached hydrogen (secondary N) is 2. The molecule has 170 valence electrons. The molecule has 0 spiro atoms. The lowest BCUT2D eigenvalue weighted by Gasteiger charge is -2.31. The zero-order valence-electron chi connectivity index (χ0n) is 17.7. The topological polar surface area (TPSA) is 105 Å². The summed E-state index contributed by atoms with van der Waals surface area (Å²) in [4.78, 5) is 24.4. The minimum atomic E-state index is -3.80. The molecule has 2 aliphatic rings. The number of fused-ring (bicyclic) bond motifs is 1. The van der Waals surface area contributed by atoms with Crippen molar-refractivity contribution in [2.75, 3.05) is 23.7 Å². The number of aryl methyl sites for hydroxylation is 1. The fourth-order valence-electron chi connectivity index (χ4n) is 3.77. The average Bonchev–Trinajstić information content (AvgIpc) is 2.77. The number of piperidine rings is 1. The molecule has 2 amide bonds. The highest BCUT2D eigenvalue weighted by molar-refractivity contribution is 7.89. The summed E-state index contributed by atoms with van der Waals surface area (Å²) >= 11 is 0. The number of carbonyl (C=O) groups excluding carboxylic acids is 2. The molecule has 8 nitrogen and oxygen atoms in total. The number of hydrogen-bond acceptors (Lipinski definition) is 5. The predicted octanol–water partition coefficient (Wildman–Crippen LogP) is 2.89. The Labute approximate surface area is 185 Å². The lowest BCUT2D eigenvalue weighted by atomic mass is 9.97. The van der Waals surface area contributed by atoms with Gasteiger partial charge in [0, 0.05) is 24.7 Å². The van der Waals surface area contributed by atoms with Gasteiger partial charge in [-0.25, -0.2) is 12.8 Å². The normalized spacial score (nSPS) is 19.6. The largest absolute Gasteiger partial charge is 0.479 e. The fourth-order valence-corrected chi connectivity index (χ4v) is 5.27. The maximum Gasteiger partial charge on any atom is 0.265 e. The number of sulfonamides is 1. The SMILES string of the molecule is Cc1ccc(NC(=O)C2CCN(S(=O)(=O)c3ccc4c(c3)NC(=O)[C@H](C)O4)CC2)cc1F. The van der Waals surface area contributed by atoms with Crippen LogP contribution in [-0.4, -0.2) is 43.7 Å². The molecule has 10 heteroatoms. The van der Waals surface area contributed by atoms with Crippen LogP contribution in [0.4, 0.5) is 15.8 Å². The van der Waals surface area contributed by atoms with Crippen LogP contribution in [0.3, 0.4) is 0 Å². The Morgan fingerprint density at radius 2 is 1.91 bits per heavy atom. The van der Waals surface area contributed by atoms with E-state index in [4.69, 9.17) is 4.74 Å². The Balaban J connectivity index is 1.41. The molecule has 2 aromatic carbocycles. The van der Waals surface area contributed by atoms with Gasteiger partial charge in [0.05, 0.1) is 10.6 Å². The summed E-state index contributed by atoms with van der Waals surface area (Å²) < 4.78 is 46.7. The van der Waals surface area contributed by atoms with Gasteiger partial charge in [-0.15, -0.1) is 0 Å². The van der Waals surface area contributed by atoms with E-state index in [0.29, 0.717) is 35.5 Å². The van der Waals surface area contributed by atoms with E-state index in [-0.39, 0.29) is 35.7 Å². The zero-order chi connectivity index (χ0) is 23.0. The van der Waals surface area contributed by atoms with E-state index in [1.165, 1.54) is 28.6 Å². The van der Waals surface area contributed by atoms with Crippen LogP contribution in [0, 0.1) is 18.7 Å². The molecular weight excluding hydrogens is 437 g/mol. The first-order valence-corrected chi connectivity index (χ1v) is 11.8. The van der Waals surface area contributed by atoms with E-state index >= 15 is 0 Å². The van der Waals surface area contributed by atoms with Gasteiger partial charge in [-0.2, -0.15) is 4.31 Å². The number of carbonyl (C=O) groups is 2. The molecule has 0 radical (unpaired) electrons. The van der Waals surface area contributed by atoms with E-state index in [0.717, 1.165) is 0 Å². The molecule has 32 heavy (non-hydrogen) atoms. The number of hydrogen-bond donors (Lipinski definition) is 2. The fraction of sp³-hybridized carbons (Fsp3) is 0.364. The highest BCUT2D eigenvalue weighted by Gasteiger charge is 2.33. The Kier molecular flexibility index (Phi) is 5.91. The lowest BCUT2D eigenvalue weighted by Crippen LogP contribution is -2.41. The second kappa shape index (κ2) is 8.51. The van der Waals surface area contributed by atoms with E-state index in [9.17, 15) is 22.4 Å². The highest BCUT2D eigenvalue weighted by Crippen LogP contribution is 2.33. The number of amides is 2. The van der Waals surface area contributed by atoms with E-state index in [1.54, 1.807) is 26.0 Å². The Hall–Kier alpha value is -2.98. The van der Waals surface area contributed by atoms with Crippen molar-refractivity contribution in [2.24, 2.45) is 5.92 Å². The molecule has 4 rings (SSSR count). The quantitative estimate of drug-likeness (QED) is 0.729. The van der Waals surface area contributed by atoms with E-state index in [1.807, 2.05) is 0 Å². The molecule has 2 aliphatic heterocycles. The molecule has 1 atom stereocenters.